The number of rotatable bonds is 4. The molecule has 2 rings (SSSR count). The number of methoxy groups -OCH3 is 2. The van der Waals surface area contributed by atoms with Gasteiger partial charge in [-0.1, -0.05) is 0 Å². The molecule has 1 N–H and O–H groups in total. The summed E-state index contributed by atoms with van der Waals surface area (Å²) in [6, 6.07) is 9.09. The lowest BCUT2D eigenvalue weighted by Crippen LogP contribution is -2.37. The Kier molecular flexibility index (Phi) is 4.65. The lowest BCUT2D eigenvalue weighted by atomic mass is 10.2. The standard InChI is InChI=1S/C17H20N2O3/c1-11-8-12(2)19(3)16(9-11)18-17(20)13-6-7-14(21-4)15(10-13)22-5/h6-10H,1-5H3/p+1. The van der Waals surface area contributed by atoms with Crippen molar-refractivity contribution in [2.24, 2.45) is 7.05 Å². The quantitative estimate of drug-likeness (QED) is 0.882. The predicted octanol–water partition coefficient (Wildman–Crippen LogP) is 2.40. The van der Waals surface area contributed by atoms with Crippen molar-refractivity contribution in [3.63, 3.8) is 0 Å². The van der Waals surface area contributed by atoms with E-state index in [4.69, 9.17) is 9.47 Å². The molecule has 0 unspecified atom stereocenters. The number of anilines is 1. The summed E-state index contributed by atoms with van der Waals surface area (Å²) in [6.07, 6.45) is 0. The molecule has 0 aliphatic heterocycles. The fourth-order valence-electron chi connectivity index (χ4n) is 2.26. The highest BCUT2D eigenvalue weighted by Gasteiger charge is 2.18. The first-order valence-corrected chi connectivity index (χ1v) is 6.97. The maximum absolute atomic E-state index is 12.4. The van der Waals surface area contributed by atoms with E-state index < -0.39 is 0 Å². The molecular weight excluding hydrogens is 280 g/mol. The molecule has 0 fully saturated rings. The third kappa shape index (κ3) is 3.19. The number of aryl methyl sites for hydroxylation is 2. The van der Waals surface area contributed by atoms with Gasteiger partial charge in [0.2, 0.25) is 0 Å². The van der Waals surface area contributed by atoms with E-state index in [1.165, 1.54) is 0 Å². The minimum absolute atomic E-state index is 0.193. The molecule has 1 aromatic heterocycles. The molecule has 5 heteroatoms. The molecule has 0 saturated heterocycles. The largest absolute Gasteiger partial charge is 0.493 e. The number of nitrogens with one attached hydrogen (secondary N) is 1. The fraction of sp³-hybridized carbons (Fsp3) is 0.294. The first-order chi connectivity index (χ1) is 10.5. The van der Waals surface area contributed by atoms with Crippen LogP contribution < -0.4 is 19.4 Å². The second kappa shape index (κ2) is 6.47. The molecule has 2 aromatic rings. The molecule has 1 amide bonds. The van der Waals surface area contributed by atoms with Crippen LogP contribution in [0.5, 0.6) is 11.5 Å². The molecule has 116 valence electrons. The minimum Gasteiger partial charge on any atom is -0.493 e. The summed E-state index contributed by atoms with van der Waals surface area (Å²) in [5, 5.41) is 2.92. The smallest absolute Gasteiger partial charge is 0.339 e. The number of hydrogen-bond donors (Lipinski definition) is 1. The van der Waals surface area contributed by atoms with Gasteiger partial charge in [-0.3, -0.25) is 0 Å². The first-order valence-electron chi connectivity index (χ1n) is 6.97. The average Bonchev–Trinajstić information content (AvgIpc) is 2.51. The monoisotopic (exact) mass is 301 g/mol. The van der Waals surface area contributed by atoms with Crippen LogP contribution >= 0.6 is 0 Å². The zero-order valence-electron chi connectivity index (χ0n) is 13.6. The number of ether oxygens (including phenoxy) is 2. The van der Waals surface area contributed by atoms with Crippen LogP contribution in [0.1, 0.15) is 21.6 Å². The Morgan fingerprint density at radius 2 is 1.73 bits per heavy atom. The van der Waals surface area contributed by atoms with Crippen LogP contribution in [0.2, 0.25) is 0 Å². The highest BCUT2D eigenvalue weighted by molar-refractivity contribution is 6.03. The lowest BCUT2D eigenvalue weighted by molar-refractivity contribution is -0.663. The van der Waals surface area contributed by atoms with Gasteiger partial charge in [-0.15, -0.1) is 0 Å². The minimum atomic E-state index is -0.193. The van der Waals surface area contributed by atoms with Crippen LogP contribution in [0.3, 0.4) is 0 Å². The van der Waals surface area contributed by atoms with Crippen molar-refractivity contribution in [2.45, 2.75) is 13.8 Å². The summed E-state index contributed by atoms with van der Waals surface area (Å²) in [6.45, 7) is 4.00. The van der Waals surface area contributed by atoms with Crippen molar-refractivity contribution < 1.29 is 18.8 Å². The molecule has 0 radical (unpaired) electrons. The summed E-state index contributed by atoms with van der Waals surface area (Å²) in [5.74, 6) is 1.68. The van der Waals surface area contributed by atoms with Crippen molar-refractivity contribution in [1.29, 1.82) is 0 Å². The molecule has 1 heterocycles. The molecule has 5 nitrogen and oxygen atoms in total. The average molecular weight is 301 g/mol. The summed E-state index contributed by atoms with van der Waals surface area (Å²) in [5.41, 5.74) is 2.68. The fourth-order valence-corrected chi connectivity index (χ4v) is 2.26. The third-order valence-corrected chi connectivity index (χ3v) is 3.58. The van der Waals surface area contributed by atoms with Crippen LogP contribution in [0, 0.1) is 13.8 Å². The second-order valence-electron chi connectivity index (χ2n) is 5.14. The van der Waals surface area contributed by atoms with Gasteiger partial charge in [0.1, 0.15) is 5.69 Å². The number of carbonyl (C=O) groups excluding carboxylic acids is 1. The van der Waals surface area contributed by atoms with Crippen molar-refractivity contribution in [1.82, 2.24) is 0 Å². The Hall–Kier alpha value is -2.56. The molecule has 1 aromatic carbocycles. The lowest BCUT2D eigenvalue weighted by Gasteiger charge is -2.09. The molecule has 0 atom stereocenters. The molecule has 0 bridgehead atoms. The molecule has 0 saturated carbocycles. The van der Waals surface area contributed by atoms with Crippen molar-refractivity contribution in [3.05, 3.63) is 47.2 Å². The number of pyridine rings is 1. The van der Waals surface area contributed by atoms with E-state index in [0.29, 0.717) is 17.1 Å². The van der Waals surface area contributed by atoms with Crippen LogP contribution in [0.4, 0.5) is 5.82 Å². The highest BCUT2D eigenvalue weighted by Crippen LogP contribution is 2.27. The Bertz CT molecular complexity index is 711. The van der Waals surface area contributed by atoms with Crippen LogP contribution in [-0.4, -0.2) is 20.1 Å². The zero-order chi connectivity index (χ0) is 16.3. The summed E-state index contributed by atoms with van der Waals surface area (Å²) >= 11 is 0. The zero-order valence-corrected chi connectivity index (χ0v) is 13.6. The Balaban J connectivity index is 2.30. The summed E-state index contributed by atoms with van der Waals surface area (Å²) in [7, 11) is 5.02. The van der Waals surface area contributed by atoms with Crippen LogP contribution in [0.15, 0.2) is 30.3 Å². The number of amides is 1. The Morgan fingerprint density at radius 3 is 2.36 bits per heavy atom. The number of nitrogens with zero attached hydrogens (tertiary/aromatic N) is 1. The third-order valence-electron chi connectivity index (χ3n) is 3.58. The van der Waals surface area contributed by atoms with E-state index in [-0.39, 0.29) is 5.91 Å². The van der Waals surface area contributed by atoms with Crippen molar-refractivity contribution in [2.75, 3.05) is 19.5 Å². The summed E-state index contributed by atoms with van der Waals surface area (Å²) < 4.78 is 12.3. The van der Waals surface area contributed by atoms with Gasteiger partial charge < -0.3 is 9.47 Å². The number of aromatic nitrogens is 1. The van der Waals surface area contributed by atoms with Crippen LogP contribution in [-0.2, 0) is 7.05 Å². The van der Waals surface area contributed by atoms with E-state index in [0.717, 1.165) is 17.1 Å². The van der Waals surface area contributed by atoms with E-state index in [9.17, 15) is 4.79 Å². The normalized spacial score (nSPS) is 10.2. The van der Waals surface area contributed by atoms with Gasteiger partial charge in [0.15, 0.2) is 11.5 Å². The maximum Gasteiger partial charge on any atom is 0.339 e. The maximum atomic E-state index is 12.4. The number of benzene rings is 1. The van der Waals surface area contributed by atoms with E-state index >= 15 is 0 Å². The van der Waals surface area contributed by atoms with Gasteiger partial charge in [0, 0.05) is 6.07 Å². The van der Waals surface area contributed by atoms with E-state index in [1.807, 2.05) is 31.5 Å². The SMILES string of the molecule is COc1ccc(C(=O)Nc2cc(C)cc(C)[n+]2C)cc1OC. The molecular formula is C17H21N2O3+. The van der Waals surface area contributed by atoms with Crippen molar-refractivity contribution in [3.8, 4) is 11.5 Å². The Labute approximate surface area is 130 Å². The predicted molar refractivity (Wildman–Crippen MR) is 84.6 cm³/mol. The topological polar surface area (TPSA) is 51.4 Å². The van der Waals surface area contributed by atoms with E-state index in [1.54, 1.807) is 32.4 Å². The van der Waals surface area contributed by atoms with Gasteiger partial charge in [0.25, 0.3) is 5.82 Å². The number of hydrogen-bond acceptors (Lipinski definition) is 3. The molecule has 0 aliphatic carbocycles. The second-order valence-corrected chi connectivity index (χ2v) is 5.14. The Morgan fingerprint density at radius 1 is 1.05 bits per heavy atom. The van der Waals surface area contributed by atoms with Crippen molar-refractivity contribution >= 4 is 11.7 Å². The van der Waals surface area contributed by atoms with Gasteiger partial charge in [-0.2, -0.15) is 0 Å². The number of carbonyl (C=O) groups is 1. The molecule has 0 spiro atoms. The molecule has 0 aliphatic rings. The van der Waals surface area contributed by atoms with Crippen LogP contribution in [0.25, 0.3) is 0 Å². The highest BCUT2D eigenvalue weighted by atomic mass is 16.5. The van der Waals surface area contributed by atoms with Gasteiger partial charge in [0.05, 0.1) is 26.8 Å². The first kappa shape index (κ1) is 15.8. The summed E-state index contributed by atoms with van der Waals surface area (Å²) in [4.78, 5) is 12.4. The van der Waals surface area contributed by atoms with E-state index in [2.05, 4.69) is 11.4 Å². The van der Waals surface area contributed by atoms with Gasteiger partial charge >= 0.3 is 5.91 Å². The van der Waals surface area contributed by atoms with Gasteiger partial charge in [-0.25, -0.2) is 14.7 Å². The molecule has 22 heavy (non-hydrogen) atoms. The van der Waals surface area contributed by atoms with Gasteiger partial charge in [-0.05, 0) is 43.7 Å².